The van der Waals surface area contributed by atoms with Crippen LogP contribution in [0, 0.1) is 0 Å². The number of hydrogen-bond acceptors (Lipinski definition) is 4. The third kappa shape index (κ3) is 2.55. The third-order valence-corrected chi connectivity index (χ3v) is 4.78. The summed E-state index contributed by atoms with van der Waals surface area (Å²) in [7, 11) is 0. The summed E-state index contributed by atoms with van der Waals surface area (Å²) >= 11 is 0. The standard InChI is InChI=1S/C18H22N4O/c1-13(2)21-10-7-14(8-11-21)22-17-15(5-3-9-19-17)20-18(22)16-6-4-12-23-16/h3-6,9,12-14H,7-8,10-11H2,1-2H3. The van der Waals surface area contributed by atoms with Crippen molar-refractivity contribution in [2.24, 2.45) is 0 Å². The van der Waals surface area contributed by atoms with Crippen molar-refractivity contribution < 1.29 is 4.42 Å². The van der Waals surface area contributed by atoms with Crippen LogP contribution in [0.1, 0.15) is 32.7 Å². The molecule has 1 aliphatic heterocycles. The lowest BCUT2D eigenvalue weighted by atomic mass is 10.0. The van der Waals surface area contributed by atoms with E-state index in [1.165, 1.54) is 0 Å². The van der Waals surface area contributed by atoms with Crippen molar-refractivity contribution in [1.29, 1.82) is 0 Å². The molecular formula is C18H22N4O. The van der Waals surface area contributed by atoms with E-state index in [2.05, 4.69) is 28.3 Å². The molecule has 4 rings (SSSR count). The lowest BCUT2D eigenvalue weighted by molar-refractivity contribution is 0.153. The largest absolute Gasteiger partial charge is 0.461 e. The van der Waals surface area contributed by atoms with Crippen LogP contribution in [0.5, 0.6) is 0 Å². The molecule has 5 nitrogen and oxygen atoms in total. The minimum absolute atomic E-state index is 0.421. The fourth-order valence-corrected chi connectivity index (χ4v) is 3.52. The van der Waals surface area contributed by atoms with Crippen LogP contribution < -0.4 is 0 Å². The summed E-state index contributed by atoms with van der Waals surface area (Å²) in [6, 6.07) is 8.87. The van der Waals surface area contributed by atoms with Gasteiger partial charge in [0, 0.05) is 31.4 Å². The van der Waals surface area contributed by atoms with E-state index in [-0.39, 0.29) is 0 Å². The van der Waals surface area contributed by atoms with Gasteiger partial charge in [0.1, 0.15) is 5.52 Å². The number of fused-ring (bicyclic) bond motifs is 1. The van der Waals surface area contributed by atoms with Crippen molar-refractivity contribution in [1.82, 2.24) is 19.4 Å². The van der Waals surface area contributed by atoms with Gasteiger partial charge in [-0.2, -0.15) is 0 Å². The predicted octanol–water partition coefficient (Wildman–Crippen LogP) is 3.74. The van der Waals surface area contributed by atoms with Gasteiger partial charge in [-0.05, 0) is 51.0 Å². The van der Waals surface area contributed by atoms with Crippen LogP contribution in [0.15, 0.2) is 41.1 Å². The maximum atomic E-state index is 5.62. The first kappa shape index (κ1) is 14.5. The maximum absolute atomic E-state index is 5.62. The minimum Gasteiger partial charge on any atom is -0.461 e. The number of rotatable bonds is 3. The minimum atomic E-state index is 0.421. The molecule has 0 unspecified atom stereocenters. The number of hydrogen-bond donors (Lipinski definition) is 0. The lowest BCUT2D eigenvalue weighted by Gasteiger charge is -2.35. The van der Waals surface area contributed by atoms with Crippen molar-refractivity contribution in [3.63, 3.8) is 0 Å². The molecule has 0 amide bonds. The van der Waals surface area contributed by atoms with E-state index < -0.39 is 0 Å². The Kier molecular flexibility index (Phi) is 3.65. The van der Waals surface area contributed by atoms with Crippen LogP contribution in [0.3, 0.4) is 0 Å². The molecule has 0 spiro atoms. The summed E-state index contributed by atoms with van der Waals surface area (Å²) in [4.78, 5) is 11.9. The Hall–Kier alpha value is -2.14. The quantitative estimate of drug-likeness (QED) is 0.739. The van der Waals surface area contributed by atoms with Gasteiger partial charge >= 0.3 is 0 Å². The van der Waals surface area contributed by atoms with Crippen molar-refractivity contribution in [2.45, 2.75) is 38.8 Å². The van der Waals surface area contributed by atoms with Gasteiger partial charge < -0.3 is 13.9 Å². The predicted molar refractivity (Wildman–Crippen MR) is 90.2 cm³/mol. The zero-order valence-corrected chi connectivity index (χ0v) is 13.6. The van der Waals surface area contributed by atoms with Crippen LogP contribution in [0.25, 0.3) is 22.7 Å². The van der Waals surface area contributed by atoms with Crippen molar-refractivity contribution >= 4 is 11.2 Å². The Labute approximate surface area is 135 Å². The van der Waals surface area contributed by atoms with Crippen LogP contribution in [0.2, 0.25) is 0 Å². The fourth-order valence-electron chi connectivity index (χ4n) is 3.52. The highest BCUT2D eigenvalue weighted by molar-refractivity contribution is 5.76. The smallest absolute Gasteiger partial charge is 0.178 e. The molecular weight excluding hydrogens is 288 g/mol. The molecule has 0 bridgehead atoms. The average Bonchev–Trinajstić information content (AvgIpc) is 3.22. The second-order valence-electron chi connectivity index (χ2n) is 6.49. The Morgan fingerprint density at radius 2 is 2.00 bits per heavy atom. The first-order valence-corrected chi connectivity index (χ1v) is 8.35. The Morgan fingerprint density at radius 1 is 1.17 bits per heavy atom. The Bertz CT molecular complexity index is 783. The van der Waals surface area contributed by atoms with Gasteiger partial charge in [0.15, 0.2) is 17.2 Å². The first-order chi connectivity index (χ1) is 11.2. The number of imidazole rings is 1. The number of pyridine rings is 1. The molecule has 1 fully saturated rings. The van der Waals surface area contributed by atoms with E-state index in [1.807, 2.05) is 30.5 Å². The van der Waals surface area contributed by atoms with Crippen LogP contribution >= 0.6 is 0 Å². The molecule has 1 aliphatic rings. The van der Waals surface area contributed by atoms with E-state index >= 15 is 0 Å². The highest BCUT2D eigenvalue weighted by Gasteiger charge is 2.27. The Morgan fingerprint density at radius 3 is 2.70 bits per heavy atom. The third-order valence-electron chi connectivity index (χ3n) is 4.78. The van der Waals surface area contributed by atoms with Crippen molar-refractivity contribution in [2.75, 3.05) is 13.1 Å². The van der Waals surface area contributed by atoms with Gasteiger partial charge in [-0.15, -0.1) is 0 Å². The van der Waals surface area contributed by atoms with Gasteiger partial charge in [-0.1, -0.05) is 0 Å². The molecule has 5 heteroatoms. The molecule has 0 atom stereocenters. The monoisotopic (exact) mass is 310 g/mol. The van der Waals surface area contributed by atoms with E-state index in [0.717, 1.165) is 48.7 Å². The molecule has 0 aliphatic carbocycles. The molecule has 23 heavy (non-hydrogen) atoms. The van der Waals surface area contributed by atoms with E-state index in [1.54, 1.807) is 6.26 Å². The average molecular weight is 310 g/mol. The molecule has 3 aromatic rings. The van der Waals surface area contributed by atoms with Gasteiger partial charge in [0.2, 0.25) is 0 Å². The number of piperidine rings is 1. The highest BCUT2D eigenvalue weighted by Crippen LogP contribution is 2.32. The van der Waals surface area contributed by atoms with E-state index in [9.17, 15) is 0 Å². The molecule has 1 saturated heterocycles. The van der Waals surface area contributed by atoms with Crippen LogP contribution in [0.4, 0.5) is 0 Å². The molecule has 120 valence electrons. The first-order valence-electron chi connectivity index (χ1n) is 8.35. The molecule has 0 N–H and O–H groups in total. The zero-order chi connectivity index (χ0) is 15.8. The highest BCUT2D eigenvalue weighted by atomic mass is 16.3. The lowest BCUT2D eigenvalue weighted by Crippen LogP contribution is -2.39. The van der Waals surface area contributed by atoms with Gasteiger partial charge in [0.05, 0.1) is 6.26 Å². The summed E-state index contributed by atoms with van der Waals surface area (Å²) in [6.07, 6.45) is 5.78. The summed E-state index contributed by atoms with van der Waals surface area (Å²) in [5, 5.41) is 0. The topological polar surface area (TPSA) is 47.1 Å². The number of furan rings is 1. The van der Waals surface area contributed by atoms with Crippen molar-refractivity contribution in [3.8, 4) is 11.6 Å². The van der Waals surface area contributed by atoms with Crippen LogP contribution in [-0.4, -0.2) is 38.6 Å². The molecule has 0 saturated carbocycles. The summed E-state index contributed by atoms with van der Waals surface area (Å²) in [6.45, 7) is 6.77. The second kappa shape index (κ2) is 5.81. The zero-order valence-electron chi connectivity index (χ0n) is 13.6. The van der Waals surface area contributed by atoms with Gasteiger partial charge in [0.25, 0.3) is 0 Å². The fraction of sp³-hybridized carbons (Fsp3) is 0.444. The maximum Gasteiger partial charge on any atom is 0.178 e. The molecule has 4 heterocycles. The number of likely N-dealkylation sites (tertiary alicyclic amines) is 1. The summed E-state index contributed by atoms with van der Waals surface area (Å²) < 4.78 is 7.90. The second-order valence-corrected chi connectivity index (χ2v) is 6.49. The Balaban J connectivity index is 1.75. The van der Waals surface area contributed by atoms with Crippen LogP contribution in [-0.2, 0) is 0 Å². The number of nitrogens with zero attached hydrogens (tertiary/aromatic N) is 4. The van der Waals surface area contributed by atoms with Gasteiger partial charge in [-0.3, -0.25) is 0 Å². The normalized spacial score (nSPS) is 17.3. The summed E-state index contributed by atoms with van der Waals surface area (Å²) in [5.41, 5.74) is 1.90. The van der Waals surface area contributed by atoms with E-state index in [0.29, 0.717) is 12.1 Å². The molecule has 0 aromatic carbocycles. The van der Waals surface area contributed by atoms with Crippen molar-refractivity contribution in [3.05, 3.63) is 36.7 Å². The summed E-state index contributed by atoms with van der Waals surface area (Å²) in [5.74, 6) is 1.71. The molecule has 0 radical (unpaired) electrons. The SMILES string of the molecule is CC(C)N1CCC(n2c(-c3ccco3)nc3cccnc32)CC1. The van der Waals surface area contributed by atoms with Gasteiger partial charge in [-0.25, -0.2) is 9.97 Å². The molecule has 3 aromatic heterocycles. The van der Waals surface area contributed by atoms with E-state index in [4.69, 9.17) is 9.40 Å². The number of aromatic nitrogens is 3.